The molecular weight excluding hydrogens is 278 g/mol. The Balaban J connectivity index is 1.54. The van der Waals surface area contributed by atoms with Crippen molar-refractivity contribution in [1.82, 2.24) is 20.4 Å². The molecule has 6 heteroatoms. The van der Waals surface area contributed by atoms with Crippen molar-refractivity contribution in [3.63, 3.8) is 0 Å². The molecule has 122 valence electrons. The molecule has 1 aromatic heterocycles. The first-order valence-electron chi connectivity index (χ1n) is 8.25. The fraction of sp³-hybridized carbons (Fsp3) is 0.750. The molecule has 2 aliphatic carbocycles. The molecule has 1 spiro atoms. The molecule has 0 aliphatic heterocycles. The van der Waals surface area contributed by atoms with Crippen LogP contribution in [0.25, 0.3) is 0 Å². The number of ether oxygens (including phenoxy) is 1. The van der Waals surface area contributed by atoms with Crippen LogP contribution in [-0.2, 0) is 18.3 Å². The summed E-state index contributed by atoms with van der Waals surface area (Å²) in [5.74, 6) is 0.868. The van der Waals surface area contributed by atoms with Gasteiger partial charge in [-0.3, -0.25) is 9.67 Å². The lowest BCUT2D eigenvalue weighted by Crippen LogP contribution is -2.68. The van der Waals surface area contributed by atoms with Gasteiger partial charge in [0, 0.05) is 38.4 Å². The van der Waals surface area contributed by atoms with Crippen molar-refractivity contribution in [1.29, 1.82) is 0 Å². The molecule has 0 bridgehead atoms. The molecule has 0 aromatic carbocycles. The lowest BCUT2D eigenvalue weighted by molar-refractivity contribution is -0.168. The third kappa shape index (κ3) is 2.60. The zero-order chi connectivity index (χ0) is 15.6. The zero-order valence-corrected chi connectivity index (χ0v) is 13.8. The number of nitrogens with zero attached hydrogens (tertiary/aromatic N) is 3. The van der Waals surface area contributed by atoms with E-state index in [9.17, 15) is 0 Å². The molecule has 1 heterocycles. The monoisotopic (exact) mass is 305 g/mol. The third-order valence-electron chi connectivity index (χ3n) is 5.33. The van der Waals surface area contributed by atoms with E-state index in [4.69, 9.17) is 4.74 Å². The van der Waals surface area contributed by atoms with Gasteiger partial charge < -0.3 is 15.4 Å². The van der Waals surface area contributed by atoms with Crippen LogP contribution < -0.4 is 10.6 Å². The number of rotatable bonds is 5. The van der Waals surface area contributed by atoms with E-state index in [1.165, 1.54) is 19.3 Å². The summed E-state index contributed by atoms with van der Waals surface area (Å²) < 4.78 is 7.78. The Morgan fingerprint density at radius 2 is 2.36 bits per heavy atom. The number of aliphatic imine (C=N–C) groups is 1. The topological polar surface area (TPSA) is 63.5 Å². The molecule has 1 aromatic rings. The van der Waals surface area contributed by atoms with Gasteiger partial charge in [0.15, 0.2) is 5.96 Å². The fourth-order valence-electron chi connectivity index (χ4n) is 3.75. The second-order valence-corrected chi connectivity index (χ2v) is 6.34. The Kier molecular flexibility index (Phi) is 4.38. The van der Waals surface area contributed by atoms with Gasteiger partial charge in [0.1, 0.15) is 0 Å². The highest BCUT2D eigenvalue weighted by Gasteiger charge is 2.59. The van der Waals surface area contributed by atoms with E-state index >= 15 is 0 Å². The first-order chi connectivity index (χ1) is 10.7. The Morgan fingerprint density at radius 1 is 1.55 bits per heavy atom. The van der Waals surface area contributed by atoms with Crippen LogP contribution in [0.4, 0.5) is 0 Å². The Labute approximate surface area is 132 Å². The van der Waals surface area contributed by atoms with Crippen molar-refractivity contribution < 1.29 is 4.74 Å². The largest absolute Gasteiger partial charge is 0.378 e. The van der Waals surface area contributed by atoms with Crippen LogP contribution >= 0.6 is 0 Å². The summed E-state index contributed by atoms with van der Waals surface area (Å²) in [5.41, 5.74) is 1.49. The van der Waals surface area contributed by atoms with Crippen molar-refractivity contribution in [2.24, 2.45) is 17.5 Å². The van der Waals surface area contributed by atoms with Crippen LogP contribution in [0.1, 0.15) is 38.3 Å². The molecule has 2 atom stereocenters. The average Bonchev–Trinajstić information content (AvgIpc) is 2.84. The highest BCUT2D eigenvalue weighted by atomic mass is 16.5. The van der Waals surface area contributed by atoms with Gasteiger partial charge in [-0.15, -0.1) is 0 Å². The predicted molar refractivity (Wildman–Crippen MR) is 86.6 cm³/mol. The van der Waals surface area contributed by atoms with Gasteiger partial charge in [-0.1, -0.05) is 6.42 Å². The lowest BCUT2D eigenvalue weighted by atomic mass is 9.51. The van der Waals surface area contributed by atoms with Crippen molar-refractivity contribution in [2.75, 3.05) is 13.7 Å². The smallest absolute Gasteiger partial charge is 0.191 e. The molecule has 0 amide bonds. The van der Waals surface area contributed by atoms with Gasteiger partial charge in [-0.05, 0) is 32.3 Å². The summed E-state index contributed by atoms with van der Waals surface area (Å²) >= 11 is 0. The van der Waals surface area contributed by atoms with Crippen molar-refractivity contribution >= 4 is 5.96 Å². The summed E-state index contributed by atoms with van der Waals surface area (Å²) in [6, 6.07) is 2.50. The maximum absolute atomic E-state index is 5.90. The normalized spacial score (nSPS) is 26.4. The quantitative estimate of drug-likeness (QED) is 0.638. The maximum atomic E-state index is 5.90. The Morgan fingerprint density at radius 3 is 2.91 bits per heavy atom. The van der Waals surface area contributed by atoms with Crippen LogP contribution in [0, 0.1) is 5.41 Å². The Bertz CT molecular complexity index is 534. The molecule has 0 radical (unpaired) electrons. The van der Waals surface area contributed by atoms with Gasteiger partial charge in [-0.2, -0.15) is 5.10 Å². The molecule has 22 heavy (non-hydrogen) atoms. The van der Waals surface area contributed by atoms with E-state index in [2.05, 4.69) is 27.6 Å². The first kappa shape index (κ1) is 15.3. The zero-order valence-electron chi connectivity index (χ0n) is 13.8. The van der Waals surface area contributed by atoms with Crippen molar-refractivity contribution in [3.8, 4) is 0 Å². The molecule has 0 saturated heterocycles. The van der Waals surface area contributed by atoms with E-state index in [1.54, 1.807) is 0 Å². The highest BCUT2D eigenvalue weighted by Crippen LogP contribution is 2.57. The minimum absolute atomic E-state index is 0.347. The minimum Gasteiger partial charge on any atom is -0.378 e. The minimum atomic E-state index is 0.347. The van der Waals surface area contributed by atoms with E-state index in [0.717, 1.165) is 31.2 Å². The molecule has 2 saturated carbocycles. The number of aryl methyl sites for hydroxylation is 1. The van der Waals surface area contributed by atoms with E-state index in [-0.39, 0.29) is 0 Å². The maximum Gasteiger partial charge on any atom is 0.191 e. The predicted octanol–water partition coefficient (Wildman–Crippen LogP) is 1.43. The molecular formula is C16H27N5O. The molecule has 2 unspecified atom stereocenters. The van der Waals surface area contributed by atoms with Gasteiger partial charge in [0.05, 0.1) is 18.3 Å². The van der Waals surface area contributed by atoms with E-state index in [1.807, 2.05) is 31.0 Å². The summed E-state index contributed by atoms with van der Waals surface area (Å²) in [5, 5.41) is 11.2. The summed E-state index contributed by atoms with van der Waals surface area (Å²) in [6.07, 6.45) is 7.19. The standard InChI is InChI=1S/C16H27N5O/c1-4-22-14-10-13(16(14)7-5-8-16)20-15(17-2)18-11-12-6-9-19-21(12)3/h6,9,13-14H,4-5,7-8,10-11H2,1-3H3,(H2,17,18,20). The molecule has 3 rings (SSSR count). The molecule has 6 nitrogen and oxygen atoms in total. The second kappa shape index (κ2) is 6.28. The van der Waals surface area contributed by atoms with Crippen molar-refractivity contribution in [3.05, 3.63) is 18.0 Å². The second-order valence-electron chi connectivity index (χ2n) is 6.34. The SMILES string of the molecule is CCOC1CC(NC(=NC)NCc2ccnn2C)C12CCC2. The van der Waals surface area contributed by atoms with Gasteiger partial charge >= 0.3 is 0 Å². The number of guanidine groups is 1. The van der Waals surface area contributed by atoms with Crippen LogP contribution in [0.15, 0.2) is 17.3 Å². The number of nitrogens with one attached hydrogen (secondary N) is 2. The van der Waals surface area contributed by atoms with Gasteiger partial charge in [-0.25, -0.2) is 0 Å². The van der Waals surface area contributed by atoms with E-state index in [0.29, 0.717) is 17.6 Å². The summed E-state index contributed by atoms with van der Waals surface area (Å²) in [7, 11) is 3.78. The highest BCUT2D eigenvalue weighted by molar-refractivity contribution is 5.80. The van der Waals surface area contributed by atoms with Crippen molar-refractivity contribution in [2.45, 2.75) is 51.3 Å². The molecule has 2 N–H and O–H groups in total. The van der Waals surface area contributed by atoms with Crippen LogP contribution in [-0.4, -0.2) is 41.5 Å². The lowest BCUT2D eigenvalue weighted by Gasteiger charge is -2.61. The van der Waals surface area contributed by atoms with E-state index < -0.39 is 0 Å². The van der Waals surface area contributed by atoms with Crippen LogP contribution in [0.3, 0.4) is 0 Å². The van der Waals surface area contributed by atoms with Crippen LogP contribution in [0.2, 0.25) is 0 Å². The van der Waals surface area contributed by atoms with Gasteiger partial charge in [0.25, 0.3) is 0 Å². The fourth-order valence-corrected chi connectivity index (χ4v) is 3.75. The molecule has 2 aliphatic rings. The summed E-state index contributed by atoms with van der Waals surface area (Å²) in [6.45, 7) is 3.62. The Hall–Kier alpha value is -1.56. The number of aromatic nitrogens is 2. The van der Waals surface area contributed by atoms with Gasteiger partial charge in [0.2, 0.25) is 0 Å². The molecule has 2 fully saturated rings. The number of hydrogen-bond acceptors (Lipinski definition) is 3. The third-order valence-corrected chi connectivity index (χ3v) is 5.33. The first-order valence-corrected chi connectivity index (χ1v) is 8.25. The van der Waals surface area contributed by atoms with Crippen LogP contribution in [0.5, 0.6) is 0 Å². The average molecular weight is 305 g/mol. The number of hydrogen-bond donors (Lipinski definition) is 2. The summed E-state index contributed by atoms with van der Waals surface area (Å²) in [4.78, 5) is 4.36.